The van der Waals surface area contributed by atoms with Crippen molar-refractivity contribution in [3.8, 4) is 0 Å². The molecule has 17 heavy (non-hydrogen) atoms. The summed E-state index contributed by atoms with van der Waals surface area (Å²) in [4.78, 5) is 0. The maximum atomic E-state index is 13.2. The lowest BCUT2D eigenvalue weighted by molar-refractivity contribution is 0.111. The van der Waals surface area contributed by atoms with Gasteiger partial charge in [0.2, 0.25) is 0 Å². The van der Waals surface area contributed by atoms with Crippen LogP contribution >= 0.6 is 11.6 Å². The fraction of sp³-hybridized carbons (Fsp3) is 0.500. The fourth-order valence-corrected chi connectivity index (χ4v) is 1.90. The monoisotopic (exact) mass is 265 g/mol. The minimum atomic E-state index is -2.49. The minimum absolute atomic E-state index is 0.0677. The lowest BCUT2D eigenvalue weighted by Gasteiger charge is -2.10. The predicted molar refractivity (Wildman–Crippen MR) is 63.1 cm³/mol. The van der Waals surface area contributed by atoms with Crippen LogP contribution in [0.4, 0.5) is 13.2 Å². The van der Waals surface area contributed by atoms with E-state index in [4.69, 9.17) is 17.3 Å². The molecule has 0 spiro atoms. The molecule has 1 aromatic rings. The normalized spacial score (nSPS) is 13.1. The summed E-state index contributed by atoms with van der Waals surface area (Å²) in [6, 6.07) is 2.11. The van der Waals surface area contributed by atoms with Crippen LogP contribution in [-0.2, 0) is 6.42 Å². The number of rotatable bonds is 5. The van der Waals surface area contributed by atoms with E-state index < -0.39 is 18.3 Å². The molecule has 1 nitrogen and oxygen atoms in total. The van der Waals surface area contributed by atoms with Crippen LogP contribution in [0.2, 0.25) is 5.02 Å². The van der Waals surface area contributed by atoms with Gasteiger partial charge < -0.3 is 5.73 Å². The molecule has 0 bridgehead atoms. The third-order valence-corrected chi connectivity index (χ3v) is 2.87. The highest BCUT2D eigenvalue weighted by Gasteiger charge is 2.14. The van der Waals surface area contributed by atoms with E-state index in [1.165, 1.54) is 6.07 Å². The first-order valence-electron chi connectivity index (χ1n) is 5.40. The molecule has 0 radical (unpaired) electrons. The Morgan fingerprint density at radius 2 is 2.00 bits per heavy atom. The molecular weight excluding hydrogens is 251 g/mol. The van der Waals surface area contributed by atoms with Crippen molar-refractivity contribution in [1.29, 1.82) is 0 Å². The molecule has 1 rings (SSSR count). The largest absolute Gasteiger partial charge is 0.323 e. The Morgan fingerprint density at radius 3 is 2.53 bits per heavy atom. The molecule has 0 aliphatic carbocycles. The first kappa shape index (κ1) is 14.3. The molecule has 0 aromatic heterocycles. The summed E-state index contributed by atoms with van der Waals surface area (Å²) in [5.41, 5.74) is 6.53. The summed E-state index contributed by atoms with van der Waals surface area (Å²) in [5, 5.41) is 0.0677. The van der Waals surface area contributed by atoms with Gasteiger partial charge in [-0.1, -0.05) is 17.7 Å². The van der Waals surface area contributed by atoms with E-state index in [9.17, 15) is 13.2 Å². The quantitative estimate of drug-likeness (QED) is 0.863. The third-order valence-electron chi connectivity index (χ3n) is 2.60. The molecule has 0 heterocycles. The summed E-state index contributed by atoms with van der Waals surface area (Å²) in [5.74, 6) is -0.431. The summed E-state index contributed by atoms with van der Waals surface area (Å²) in [6.07, 6.45) is -1.14. The number of aryl methyl sites for hydroxylation is 2. The Labute approximate surface area is 104 Å². The zero-order chi connectivity index (χ0) is 13.0. The van der Waals surface area contributed by atoms with E-state index in [0.29, 0.717) is 18.4 Å². The number of hydrogen-bond acceptors (Lipinski definition) is 1. The van der Waals surface area contributed by atoms with Crippen LogP contribution in [0, 0.1) is 12.7 Å². The topological polar surface area (TPSA) is 26.0 Å². The highest BCUT2D eigenvalue weighted by molar-refractivity contribution is 6.30. The van der Waals surface area contributed by atoms with Crippen molar-refractivity contribution in [2.24, 2.45) is 5.73 Å². The Kier molecular flexibility index (Phi) is 5.28. The molecule has 0 aliphatic heterocycles. The smallest absolute Gasteiger partial charge is 0.253 e. The van der Waals surface area contributed by atoms with Gasteiger partial charge in [0.05, 0.1) is 11.1 Å². The van der Waals surface area contributed by atoms with Crippen LogP contribution < -0.4 is 5.73 Å². The lowest BCUT2D eigenvalue weighted by atomic mass is 10.0. The van der Waals surface area contributed by atoms with Gasteiger partial charge in [-0.05, 0) is 43.4 Å². The van der Waals surface area contributed by atoms with E-state index in [-0.39, 0.29) is 11.4 Å². The summed E-state index contributed by atoms with van der Waals surface area (Å²) >= 11 is 5.69. The second kappa shape index (κ2) is 6.26. The van der Waals surface area contributed by atoms with E-state index in [0.717, 1.165) is 5.56 Å². The SMILES string of the molecule is Cc1cc(CCC[C@@H](N)C(F)F)cc(Cl)c1F. The molecule has 96 valence electrons. The number of halogens is 4. The fourth-order valence-electron chi connectivity index (χ4n) is 1.61. The van der Waals surface area contributed by atoms with Gasteiger partial charge >= 0.3 is 0 Å². The highest BCUT2D eigenvalue weighted by Crippen LogP contribution is 2.21. The second-order valence-electron chi connectivity index (χ2n) is 4.10. The van der Waals surface area contributed by atoms with Crippen molar-refractivity contribution in [2.45, 2.75) is 38.7 Å². The summed E-state index contributed by atoms with van der Waals surface area (Å²) in [6.45, 7) is 1.62. The van der Waals surface area contributed by atoms with Crippen LogP contribution in [-0.4, -0.2) is 12.5 Å². The Balaban J connectivity index is 2.53. The molecule has 0 amide bonds. The molecule has 0 unspecified atom stereocenters. The average molecular weight is 266 g/mol. The first-order chi connectivity index (χ1) is 7.91. The van der Waals surface area contributed by atoms with Crippen LogP contribution in [0.1, 0.15) is 24.0 Å². The minimum Gasteiger partial charge on any atom is -0.323 e. The van der Waals surface area contributed by atoms with Crippen molar-refractivity contribution >= 4 is 11.6 Å². The molecular formula is C12H15ClF3N. The van der Waals surface area contributed by atoms with Gasteiger partial charge in [-0.15, -0.1) is 0 Å². The number of benzene rings is 1. The van der Waals surface area contributed by atoms with Crippen LogP contribution in [0.5, 0.6) is 0 Å². The van der Waals surface area contributed by atoms with E-state index >= 15 is 0 Å². The lowest BCUT2D eigenvalue weighted by Crippen LogP contribution is -2.28. The summed E-state index contributed by atoms with van der Waals surface area (Å²) in [7, 11) is 0. The van der Waals surface area contributed by atoms with Crippen LogP contribution in [0.15, 0.2) is 12.1 Å². The molecule has 1 aromatic carbocycles. The van der Waals surface area contributed by atoms with Gasteiger partial charge in [-0.25, -0.2) is 13.2 Å². The Bertz CT molecular complexity index is 359. The van der Waals surface area contributed by atoms with Crippen LogP contribution in [0.25, 0.3) is 0 Å². The van der Waals surface area contributed by atoms with E-state index in [2.05, 4.69) is 0 Å². The molecule has 0 saturated carbocycles. The molecule has 5 heteroatoms. The maximum Gasteiger partial charge on any atom is 0.253 e. The van der Waals surface area contributed by atoms with Crippen molar-refractivity contribution < 1.29 is 13.2 Å². The van der Waals surface area contributed by atoms with Crippen molar-refractivity contribution in [1.82, 2.24) is 0 Å². The molecule has 0 fully saturated rings. The average Bonchev–Trinajstić information content (AvgIpc) is 2.25. The zero-order valence-electron chi connectivity index (χ0n) is 9.52. The Hall–Kier alpha value is -0.740. The van der Waals surface area contributed by atoms with Crippen molar-refractivity contribution in [2.75, 3.05) is 0 Å². The number of alkyl halides is 2. The highest BCUT2D eigenvalue weighted by atomic mass is 35.5. The molecule has 2 N–H and O–H groups in total. The van der Waals surface area contributed by atoms with Gasteiger partial charge in [0.25, 0.3) is 6.43 Å². The third kappa shape index (κ3) is 4.21. The zero-order valence-corrected chi connectivity index (χ0v) is 10.3. The van der Waals surface area contributed by atoms with Crippen molar-refractivity contribution in [3.05, 3.63) is 34.1 Å². The Morgan fingerprint density at radius 1 is 1.35 bits per heavy atom. The van der Waals surface area contributed by atoms with Gasteiger partial charge in [0.15, 0.2) is 0 Å². The standard InChI is InChI=1S/C12H15ClF3N/c1-7-5-8(6-9(13)11(7)14)3-2-4-10(17)12(15)16/h5-6,10,12H,2-4,17H2,1H3/t10-/m1/s1. The molecule has 0 saturated heterocycles. The predicted octanol–water partition coefficient (Wildman–Crippen LogP) is 3.70. The van der Waals surface area contributed by atoms with Crippen LogP contribution in [0.3, 0.4) is 0 Å². The first-order valence-corrected chi connectivity index (χ1v) is 5.78. The van der Waals surface area contributed by atoms with Gasteiger partial charge in [0.1, 0.15) is 5.82 Å². The van der Waals surface area contributed by atoms with Gasteiger partial charge in [-0.3, -0.25) is 0 Å². The summed E-state index contributed by atoms with van der Waals surface area (Å²) < 4.78 is 37.5. The van der Waals surface area contributed by atoms with Gasteiger partial charge in [-0.2, -0.15) is 0 Å². The number of hydrogen-bond donors (Lipinski definition) is 1. The van der Waals surface area contributed by atoms with Crippen molar-refractivity contribution in [3.63, 3.8) is 0 Å². The molecule has 1 atom stereocenters. The molecule has 0 aliphatic rings. The van der Waals surface area contributed by atoms with E-state index in [1.807, 2.05) is 0 Å². The maximum absolute atomic E-state index is 13.2. The number of nitrogens with two attached hydrogens (primary N) is 1. The van der Waals surface area contributed by atoms with Gasteiger partial charge in [0, 0.05) is 0 Å². The van der Waals surface area contributed by atoms with E-state index in [1.54, 1.807) is 13.0 Å². The second-order valence-corrected chi connectivity index (χ2v) is 4.51.